The van der Waals surface area contributed by atoms with Crippen LogP contribution in [0.3, 0.4) is 0 Å². The van der Waals surface area contributed by atoms with Crippen LogP contribution in [-0.2, 0) is 19.8 Å². The summed E-state index contributed by atoms with van der Waals surface area (Å²) in [5.74, 6) is 0.285. The summed E-state index contributed by atoms with van der Waals surface area (Å²) in [5, 5.41) is 25.5. The third-order valence-corrected chi connectivity index (χ3v) is 7.34. The van der Waals surface area contributed by atoms with Crippen molar-refractivity contribution in [3.05, 3.63) is 24.2 Å². The van der Waals surface area contributed by atoms with Crippen molar-refractivity contribution in [3.63, 3.8) is 0 Å². The number of aromatic nitrogens is 3. The Labute approximate surface area is 185 Å². The van der Waals surface area contributed by atoms with E-state index in [1.54, 1.807) is 19.1 Å². The van der Waals surface area contributed by atoms with Gasteiger partial charge in [0.05, 0.1) is 5.69 Å². The van der Waals surface area contributed by atoms with Crippen molar-refractivity contribution in [2.24, 2.45) is 0 Å². The molecule has 2 aromatic rings. The Hall–Kier alpha value is -2.47. The Morgan fingerprint density at radius 3 is 2.75 bits per heavy atom. The fourth-order valence-electron chi connectivity index (χ4n) is 5.43. The van der Waals surface area contributed by atoms with Crippen molar-refractivity contribution in [2.75, 3.05) is 19.4 Å². The second-order valence-corrected chi connectivity index (χ2v) is 9.18. The van der Waals surface area contributed by atoms with Crippen LogP contribution in [0, 0.1) is 0 Å². The number of nitrogens with zero attached hydrogens (tertiary/aromatic N) is 4. The zero-order valence-corrected chi connectivity index (χ0v) is 18.1. The molecule has 32 heavy (non-hydrogen) atoms. The van der Waals surface area contributed by atoms with Crippen LogP contribution >= 0.6 is 0 Å². The van der Waals surface area contributed by atoms with E-state index in [0.29, 0.717) is 23.3 Å². The maximum Gasteiger partial charge on any atom is 0.508 e. The third kappa shape index (κ3) is 3.40. The van der Waals surface area contributed by atoms with E-state index in [-0.39, 0.29) is 18.5 Å². The minimum Gasteiger partial charge on any atom is -0.431 e. The minimum atomic E-state index is -1.29. The predicted octanol–water partition coefficient (Wildman–Crippen LogP) is 0.426. The summed E-state index contributed by atoms with van der Waals surface area (Å²) >= 11 is 0. The highest BCUT2D eigenvalue weighted by molar-refractivity contribution is 5.65. The van der Waals surface area contributed by atoms with Gasteiger partial charge >= 0.3 is 6.16 Å². The van der Waals surface area contributed by atoms with Crippen molar-refractivity contribution in [2.45, 2.75) is 74.7 Å². The van der Waals surface area contributed by atoms with Gasteiger partial charge in [0.25, 0.3) is 0 Å². The Morgan fingerprint density at radius 2 is 2.03 bits per heavy atom. The van der Waals surface area contributed by atoms with E-state index in [1.807, 2.05) is 0 Å². The molecular weight excluding hydrogens is 418 g/mol. The molecule has 5 heterocycles. The number of carbonyl (C=O) groups excluding carboxylic acids is 1. The number of rotatable bonds is 4. The minimum absolute atomic E-state index is 0.168. The van der Waals surface area contributed by atoms with E-state index in [9.17, 15) is 15.0 Å². The molecule has 0 amide bonds. The molecule has 4 N–H and O–H groups in total. The van der Waals surface area contributed by atoms with Crippen LogP contribution < -0.4 is 5.73 Å². The molecule has 5 rings (SSSR count). The summed E-state index contributed by atoms with van der Waals surface area (Å²) in [6.45, 7) is 1.40. The summed E-state index contributed by atoms with van der Waals surface area (Å²) in [6.07, 6.45) is 0.730. The molecule has 0 aromatic carbocycles. The largest absolute Gasteiger partial charge is 0.508 e. The summed E-state index contributed by atoms with van der Waals surface area (Å²) < 4.78 is 18.3. The quantitative estimate of drug-likeness (QED) is 0.564. The maximum atomic E-state index is 12.3. The number of nitrogens with two attached hydrogens (primary N) is 1. The Bertz CT molecular complexity index is 1000. The van der Waals surface area contributed by atoms with E-state index in [0.717, 1.165) is 25.7 Å². The Morgan fingerprint density at radius 1 is 1.31 bits per heavy atom. The fourth-order valence-corrected chi connectivity index (χ4v) is 5.43. The SMILES string of the molecule is CN1[C@@H]2CC[C@H]1C[C@@H](OC(=O)OC[C@H]1O[C@@](C)(c3ccc4c(N)ncnn34)[C@H](O)[C@@H]1O)C2. The van der Waals surface area contributed by atoms with Gasteiger partial charge in [0.2, 0.25) is 0 Å². The number of aliphatic hydroxyl groups excluding tert-OH is 2. The van der Waals surface area contributed by atoms with E-state index in [4.69, 9.17) is 19.9 Å². The maximum absolute atomic E-state index is 12.3. The number of fused-ring (bicyclic) bond motifs is 3. The normalized spacial score (nSPS) is 37.1. The standard InChI is InChI=1S/C21H29N5O6/c1-21(16-6-5-14-19(22)23-10-24-26(14)16)18(28)17(27)15(32-21)9-30-20(29)31-13-7-11-3-4-12(8-13)25(11)2/h5-6,10-13,15,17-18,27-28H,3-4,7-9H2,1-2H3,(H2,22,23,24)/t11-,12+,13+,15-,17-,18-,21+/m1/s1. The second kappa shape index (κ2) is 7.84. The molecule has 174 valence electrons. The van der Waals surface area contributed by atoms with E-state index >= 15 is 0 Å². The van der Waals surface area contributed by atoms with E-state index < -0.39 is 30.1 Å². The highest BCUT2D eigenvalue weighted by Gasteiger charge is 2.54. The first-order valence-electron chi connectivity index (χ1n) is 11.0. The average Bonchev–Trinajstić information content (AvgIpc) is 3.35. The van der Waals surface area contributed by atoms with Gasteiger partial charge in [-0.05, 0) is 38.9 Å². The summed E-state index contributed by atoms with van der Waals surface area (Å²) in [7, 11) is 2.12. The van der Waals surface area contributed by atoms with Gasteiger partial charge in [0.15, 0.2) is 5.82 Å². The number of aliphatic hydroxyl groups is 2. The van der Waals surface area contributed by atoms with Crippen molar-refractivity contribution < 1.29 is 29.2 Å². The Kier molecular flexibility index (Phi) is 5.24. The van der Waals surface area contributed by atoms with Crippen LogP contribution in [0.15, 0.2) is 18.5 Å². The van der Waals surface area contributed by atoms with E-state index in [2.05, 4.69) is 22.0 Å². The van der Waals surface area contributed by atoms with Crippen LogP contribution in [0.4, 0.5) is 10.6 Å². The lowest BCUT2D eigenvalue weighted by molar-refractivity contribution is -0.0968. The monoisotopic (exact) mass is 447 g/mol. The average molecular weight is 447 g/mol. The first kappa shape index (κ1) is 21.4. The molecule has 2 aromatic heterocycles. The summed E-state index contributed by atoms with van der Waals surface area (Å²) in [6, 6.07) is 4.31. The van der Waals surface area contributed by atoms with Crippen LogP contribution in [-0.4, -0.2) is 86.0 Å². The van der Waals surface area contributed by atoms with Crippen molar-refractivity contribution in [3.8, 4) is 0 Å². The number of piperidine rings is 1. The molecule has 0 aliphatic carbocycles. The van der Waals surface area contributed by atoms with Crippen LogP contribution in [0.25, 0.3) is 5.52 Å². The molecule has 3 fully saturated rings. The third-order valence-electron chi connectivity index (χ3n) is 7.34. The molecule has 3 aliphatic rings. The van der Waals surface area contributed by atoms with Crippen LogP contribution in [0.1, 0.15) is 38.3 Å². The summed E-state index contributed by atoms with van der Waals surface area (Å²) in [4.78, 5) is 18.6. The topological polar surface area (TPSA) is 145 Å². The van der Waals surface area contributed by atoms with Crippen LogP contribution in [0.5, 0.6) is 0 Å². The molecule has 0 unspecified atom stereocenters. The molecular formula is C21H29N5O6. The molecule has 0 saturated carbocycles. The van der Waals surface area contributed by atoms with Gasteiger partial charge in [-0.1, -0.05) is 0 Å². The molecule has 7 atom stereocenters. The van der Waals surface area contributed by atoms with Gasteiger partial charge in [-0.25, -0.2) is 14.3 Å². The number of ether oxygens (including phenoxy) is 3. The molecule has 11 heteroatoms. The van der Waals surface area contributed by atoms with E-state index in [1.165, 1.54) is 10.8 Å². The first-order chi connectivity index (χ1) is 15.3. The lowest BCUT2D eigenvalue weighted by atomic mass is 9.93. The molecule has 3 aliphatic heterocycles. The smallest absolute Gasteiger partial charge is 0.431 e. The molecule has 0 spiro atoms. The lowest BCUT2D eigenvalue weighted by Gasteiger charge is -2.35. The van der Waals surface area contributed by atoms with Gasteiger partial charge in [-0.2, -0.15) is 5.10 Å². The number of nitrogen functional groups attached to an aromatic ring is 1. The van der Waals surface area contributed by atoms with Gasteiger partial charge in [-0.15, -0.1) is 0 Å². The predicted molar refractivity (Wildman–Crippen MR) is 112 cm³/mol. The highest BCUT2D eigenvalue weighted by atomic mass is 16.7. The Balaban J connectivity index is 1.23. The molecule has 0 radical (unpaired) electrons. The molecule has 2 bridgehead atoms. The summed E-state index contributed by atoms with van der Waals surface area (Å²) in [5.41, 5.74) is 5.65. The van der Waals surface area contributed by atoms with Crippen molar-refractivity contribution in [1.82, 2.24) is 19.5 Å². The highest BCUT2D eigenvalue weighted by Crippen LogP contribution is 2.40. The van der Waals surface area contributed by atoms with Gasteiger partial charge in [-0.3, -0.25) is 0 Å². The lowest BCUT2D eigenvalue weighted by Crippen LogP contribution is -2.43. The number of hydrogen-bond acceptors (Lipinski definition) is 10. The van der Waals surface area contributed by atoms with Gasteiger partial charge in [0.1, 0.15) is 48.5 Å². The molecule has 3 saturated heterocycles. The van der Waals surface area contributed by atoms with Gasteiger partial charge in [0, 0.05) is 24.9 Å². The van der Waals surface area contributed by atoms with Crippen molar-refractivity contribution in [1.29, 1.82) is 0 Å². The van der Waals surface area contributed by atoms with Crippen LogP contribution in [0.2, 0.25) is 0 Å². The van der Waals surface area contributed by atoms with Crippen molar-refractivity contribution >= 4 is 17.5 Å². The molecule has 11 nitrogen and oxygen atoms in total. The number of anilines is 1. The zero-order valence-electron chi connectivity index (χ0n) is 18.1. The first-order valence-corrected chi connectivity index (χ1v) is 11.0. The zero-order chi connectivity index (χ0) is 22.6. The number of hydrogen-bond donors (Lipinski definition) is 3. The fraction of sp³-hybridized carbons (Fsp3) is 0.667. The number of carbonyl (C=O) groups is 1. The van der Waals surface area contributed by atoms with Gasteiger partial charge < -0.3 is 35.1 Å². The second-order valence-electron chi connectivity index (χ2n) is 9.18.